The van der Waals surface area contributed by atoms with Gasteiger partial charge in [-0.2, -0.15) is 5.10 Å². The quantitative estimate of drug-likeness (QED) is 0.937. The Bertz CT molecular complexity index is 685. The Kier molecular flexibility index (Phi) is 3.42. The summed E-state index contributed by atoms with van der Waals surface area (Å²) in [6, 6.07) is 0.255. The highest BCUT2D eigenvalue weighted by atomic mass is 16.5. The van der Waals surface area contributed by atoms with Crippen LogP contribution in [0, 0.1) is 0 Å². The Hall–Kier alpha value is -2.15. The molecule has 2 aliphatic rings. The van der Waals surface area contributed by atoms with Gasteiger partial charge in [-0.25, -0.2) is 0 Å². The number of amides is 1. The van der Waals surface area contributed by atoms with E-state index in [-0.39, 0.29) is 11.9 Å². The number of carbonyl (C=O) groups excluding carboxylic acids is 1. The first-order valence-corrected chi connectivity index (χ1v) is 7.72. The number of hydrogen-bond acceptors (Lipinski definition) is 5. The van der Waals surface area contributed by atoms with Gasteiger partial charge in [-0.05, 0) is 25.7 Å². The molecule has 0 bridgehead atoms. The molecule has 0 aromatic carbocycles. The maximum Gasteiger partial charge on any atom is 0.278 e. The van der Waals surface area contributed by atoms with Crippen molar-refractivity contribution in [2.24, 2.45) is 0 Å². The maximum absolute atomic E-state index is 12.4. The lowest BCUT2D eigenvalue weighted by atomic mass is 9.96. The summed E-state index contributed by atoms with van der Waals surface area (Å²) in [5.74, 6) is 0.629. The third kappa shape index (κ3) is 2.41. The molecule has 1 saturated heterocycles. The molecular weight excluding hydrogens is 284 g/mol. The lowest BCUT2D eigenvalue weighted by molar-refractivity contribution is 0.101. The first-order chi connectivity index (χ1) is 10.8. The topological polar surface area (TPSA) is 82.2 Å². The molecule has 7 heteroatoms. The Balaban J connectivity index is 1.49. The van der Waals surface area contributed by atoms with E-state index in [0.717, 1.165) is 50.0 Å². The lowest BCUT2D eigenvalue weighted by Crippen LogP contribution is -2.15. The van der Waals surface area contributed by atoms with Crippen molar-refractivity contribution in [3.63, 3.8) is 0 Å². The summed E-state index contributed by atoms with van der Waals surface area (Å²) in [5, 5.41) is 11.1. The number of hydrogen-bond donors (Lipinski definition) is 1. The molecule has 22 heavy (non-hydrogen) atoms. The predicted octanol–water partition coefficient (Wildman–Crippen LogP) is 1.96. The molecule has 4 rings (SSSR count). The number of fused-ring (bicyclic) bond motifs is 1. The molecule has 0 saturated carbocycles. The number of nitrogens with zero attached hydrogens (tertiary/aromatic N) is 3. The standard InChI is InChI=1S/C15H18N4O3/c20-15(14-12-3-1-2-4-13(12)22-18-14)17-10-7-16-19(8-10)11-5-6-21-9-11/h7-8,11H,1-6,9H2,(H,17,20)/t11-/m0/s1. The molecule has 7 nitrogen and oxygen atoms in total. The van der Waals surface area contributed by atoms with Crippen LogP contribution in [0.15, 0.2) is 16.9 Å². The average Bonchev–Trinajstić information content (AvgIpc) is 3.27. The molecule has 1 atom stereocenters. The Morgan fingerprint density at radius 2 is 2.27 bits per heavy atom. The van der Waals surface area contributed by atoms with Crippen LogP contribution >= 0.6 is 0 Å². The van der Waals surface area contributed by atoms with Gasteiger partial charge >= 0.3 is 0 Å². The number of ether oxygens (including phenoxy) is 1. The molecule has 1 N–H and O–H groups in total. The van der Waals surface area contributed by atoms with E-state index in [4.69, 9.17) is 9.26 Å². The fraction of sp³-hybridized carbons (Fsp3) is 0.533. The molecule has 1 aliphatic carbocycles. The predicted molar refractivity (Wildman–Crippen MR) is 77.8 cm³/mol. The van der Waals surface area contributed by atoms with Gasteiger partial charge in [-0.15, -0.1) is 0 Å². The normalized spacial score (nSPS) is 20.8. The van der Waals surface area contributed by atoms with E-state index in [9.17, 15) is 4.79 Å². The van der Waals surface area contributed by atoms with Crippen molar-refractivity contribution in [1.29, 1.82) is 0 Å². The molecule has 116 valence electrons. The van der Waals surface area contributed by atoms with Gasteiger partial charge in [0, 0.05) is 24.8 Å². The third-order valence-electron chi connectivity index (χ3n) is 4.30. The van der Waals surface area contributed by atoms with Crippen LogP contribution in [0.4, 0.5) is 5.69 Å². The zero-order valence-corrected chi connectivity index (χ0v) is 12.2. The van der Waals surface area contributed by atoms with Crippen LogP contribution in [0.1, 0.15) is 47.1 Å². The molecule has 2 aromatic rings. The number of carbonyl (C=O) groups is 1. The molecule has 0 radical (unpaired) electrons. The highest BCUT2D eigenvalue weighted by Crippen LogP contribution is 2.25. The number of nitrogens with one attached hydrogen (secondary N) is 1. The van der Waals surface area contributed by atoms with Crippen molar-refractivity contribution in [2.75, 3.05) is 18.5 Å². The van der Waals surface area contributed by atoms with Crippen molar-refractivity contribution >= 4 is 11.6 Å². The highest BCUT2D eigenvalue weighted by molar-refractivity contribution is 6.03. The molecule has 2 aromatic heterocycles. The van der Waals surface area contributed by atoms with Crippen LogP contribution in [0.2, 0.25) is 0 Å². The number of aryl methyl sites for hydroxylation is 1. The minimum absolute atomic E-state index is 0.228. The van der Waals surface area contributed by atoms with Crippen molar-refractivity contribution < 1.29 is 14.1 Å². The van der Waals surface area contributed by atoms with E-state index in [1.54, 1.807) is 6.20 Å². The van der Waals surface area contributed by atoms with E-state index in [1.165, 1.54) is 0 Å². The van der Waals surface area contributed by atoms with Crippen LogP contribution < -0.4 is 5.32 Å². The molecule has 3 heterocycles. The van der Waals surface area contributed by atoms with Crippen molar-refractivity contribution in [1.82, 2.24) is 14.9 Å². The van der Waals surface area contributed by atoms with Gasteiger partial charge in [-0.3, -0.25) is 9.48 Å². The molecule has 0 spiro atoms. The number of anilines is 1. The lowest BCUT2D eigenvalue weighted by Gasteiger charge is -2.09. The minimum Gasteiger partial charge on any atom is -0.379 e. The smallest absolute Gasteiger partial charge is 0.278 e. The SMILES string of the molecule is O=C(Nc1cnn([C@H]2CCOC2)c1)c1noc2c1CCCC2. The molecular formula is C15H18N4O3. The van der Waals surface area contributed by atoms with Crippen LogP contribution in [-0.4, -0.2) is 34.1 Å². The molecule has 1 fully saturated rings. The third-order valence-corrected chi connectivity index (χ3v) is 4.30. The summed E-state index contributed by atoms with van der Waals surface area (Å²) in [6.45, 7) is 1.43. The maximum atomic E-state index is 12.4. The number of rotatable bonds is 3. The largest absolute Gasteiger partial charge is 0.379 e. The van der Waals surface area contributed by atoms with Crippen molar-refractivity contribution in [3.05, 3.63) is 29.4 Å². The summed E-state index contributed by atoms with van der Waals surface area (Å²) >= 11 is 0. The summed E-state index contributed by atoms with van der Waals surface area (Å²) in [5.41, 5.74) is 2.04. The monoisotopic (exact) mass is 302 g/mol. The van der Waals surface area contributed by atoms with E-state index in [1.807, 2.05) is 10.9 Å². The summed E-state index contributed by atoms with van der Waals surface area (Å²) in [7, 11) is 0. The molecule has 1 aliphatic heterocycles. The summed E-state index contributed by atoms with van der Waals surface area (Å²) < 4.78 is 12.5. The number of aromatic nitrogens is 3. The average molecular weight is 302 g/mol. The van der Waals surface area contributed by atoms with Crippen molar-refractivity contribution in [3.8, 4) is 0 Å². The van der Waals surface area contributed by atoms with Gasteiger partial charge < -0.3 is 14.6 Å². The van der Waals surface area contributed by atoms with Crippen LogP contribution in [0.25, 0.3) is 0 Å². The first kappa shape index (κ1) is 13.5. The Labute approximate surface area is 127 Å². The van der Waals surface area contributed by atoms with E-state index in [2.05, 4.69) is 15.6 Å². The van der Waals surface area contributed by atoms with Crippen LogP contribution in [0.5, 0.6) is 0 Å². The van der Waals surface area contributed by atoms with Gasteiger partial charge in [0.05, 0.1) is 24.5 Å². The second kappa shape index (κ2) is 5.57. The van der Waals surface area contributed by atoms with E-state index >= 15 is 0 Å². The minimum atomic E-state index is -0.228. The summed E-state index contributed by atoms with van der Waals surface area (Å²) in [6.07, 6.45) is 8.35. The van der Waals surface area contributed by atoms with E-state index in [0.29, 0.717) is 18.0 Å². The van der Waals surface area contributed by atoms with Crippen LogP contribution in [0.3, 0.4) is 0 Å². The fourth-order valence-corrected chi connectivity index (χ4v) is 3.09. The highest BCUT2D eigenvalue weighted by Gasteiger charge is 2.24. The van der Waals surface area contributed by atoms with Crippen molar-refractivity contribution in [2.45, 2.75) is 38.1 Å². The van der Waals surface area contributed by atoms with Gasteiger partial charge in [0.2, 0.25) is 0 Å². The summed E-state index contributed by atoms with van der Waals surface area (Å²) in [4.78, 5) is 12.4. The Morgan fingerprint density at radius 1 is 1.36 bits per heavy atom. The zero-order chi connectivity index (χ0) is 14.9. The second-order valence-electron chi connectivity index (χ2n) is 5.82. The Morgan fingerprint density at radius 3 is 3.14 bits per heavy atom. The molecule has 0 unspecified atom stereocenters. The zero-order valence-electron chi connectivity index (χ0n) is 12.2. The van der Waals surface area contributed by atoms with Gasteiger partial charge in [-0.1, -0.05) is 5.16 Å². The van der Waals surface area contributed by atoms with Crippen LogP contribution in [-0.2, 0) is 17.6 Å². The second-order valence-corrected chi connectivity index (χ2v) is 5.82. The van der Waals surface area contributed by atoms with Gasteiger partial charge in [0.1, 0.15) is 5.76 Å². The molecule has 1 amide bonds. The fourth-order valence-electron chi connectivity index (χ4n) is 3.09. The van der Waals surface area contributed by atoms with E-state index < -0.39 is 0 Å². The van der Waals surface area contributed by atoms with Gasteiger partial charge in [0.25, 0.3) is 5.91 Å². The van der Waals surface area contributed by atoms with Gasteiger partial charge in [0.15, 0.2) is 5.69 Å². The first-order valence-electron chi connectivity index (χ1n) is 7.72.